The smallest absolute Gasteiger partial charge is 0.310 e. The molecule has 0 saturated carbocycles. The van der Waals surface area contributed by atoms with Gasteiger partial charge in [-0.3, -0.25) is 9.59 Å². The van der Waals surface area contributed by atoms with Crippen molar-refractivity contribution in [3.8, 4) is 5.75 Å². The number of carbonyl (C=O) groups is 1. The molecule has 1 heterocycles. The Kier molecular flexibility index (Phi) is 4.19. The first-order valence-electron chi connectivity index (χ1n) is 4.84. The quantitative estimate of drug-likeness (QED) is 0.781. The van der Waals surface area contributed by atoms with Crippen LogP contribution >= 0.6 is 0 Å². The van der Waals surface area contributed by atoms with E-state index in [1.807, 2.05) is 4.98 Å². The highest BCUT2D eigenvalue weighted by Gasteiger charge is 2.22. The molecule has 0 fully saturated rings. The number of nitrogens with one attached hydrogen (secondary N) is 1. The second kappa shape index (κ2) is 5.42. The molecular formula is C10H11F2NO4. The molecule has 2 N–H and O–H groups in total. The minimum atomic E-state index is -3.07. The summed E-state index contributed by atoms with van der Waals surface area (Å²) in [5.41, 5.74) is -2.34. The van der Waals surface area contributed by atoms with Gasteiger partial charge in [0.1, 0.15) is 5.75 Å². The van der Waals surface area contributed by atoms with Gasteiger partial charge in [-0.05, 0) is 6.92 Å². The van der Waals surface area contributed by atoms with E-state index in [1.165, 1.54) is 0 Å². The van der Waals surface area contributed by atoms with E-state index >= 15 is 0 Å². The number of ether oxygens (including phenoxy) is 1. The van der Waals surface area contributed by atoms with Crippen molar-refractivity contribution < 1.29 is 23.4 Å². The van der Waals surface area contributed by atoms with E-state index in [1.54, 1.807) is 6.92 Å². The standard InChI is InChI=1S/C10H11F2NO4/c1-2-17-7(15)3-5-6(14)4-13-10(16)8(5)9(11)12/h4,9,14H,2-3H2,1H3,(H,13,16). The van der Waals surface area contributed by atoms with Crippen LogP contribution in [-0.2, 0) is 16.0 Å². The Hall–Kier alpha value is -1.92. The Labute approximate surface area is 95.0 Å². The summed E-state index contributed by atoms with van der Waals surface area (Å²) in [7, 11) is 0. The average Bonchev–Trinajstić information content (AvgIpc) is 2.23. The number of aromatic amines is 1. The van der Waals surface area contributed by atoms with Gasteiger partial charge in [0.2, 0.25) is 0 Å². The van der Waals surface area contributed by atoms with Crippen LogP contribution in [0.25, 0.3) is 0 Å². The zero-order chi connectivity index (χ0) is 13.0. The van der Waals surface area contributed by atoms with Crippen molar-refractivity contribution >= 4 is 5.97 Å². The summed E-state index contributed by atoms with van der Waals surface area (Å²) in [6.45, 7) is 1.65. The summed E-state index contributed by atoms with van der Waals surface area (Å²) in [5.74, 6) is -1.34. The molecule has 0 aliphatic heterocycles. The van der Waals surface area contributed by atoms with Gasteiger partial charge in [0.05, 0.1) is 18.6 Å². The predicted octanol–water partition coefficient (Wildman–Crippen LogP) is 1.12. The Balaban J connectivity index is 3.17. The maximum atomic E-state index is 12.6. The van der Waals surface area contributed by atoms with Gasteiger partial charge in [-0.25, -0.2) is 8.78 Å². The average molecular weight is 247 g/mol. The van der Waals surface area contributed by atoms with Crippen LogP contribution in [0.3, 0.4) is 0 Å². The molecule has 0 bridgehead atoms. The molecule has 1 aromatic heterocycles. The molecular weight excluding hydrogens is 236 g/mol. The zero-order valence-corrected chi connectivity index (χ0v) is 9.00. The van der Waals surface area contributed by atoms with Crippen LogP contribution in [-0.4, -0.2) is 22.7 Å². The lowest BCUT2D eigenvalue weighted by molar-refractivity contribution is -0.142. The fraction of sp³-hybridized carbons (Fsp3) is 0.400. The van der Waals surface area contributed by atoms with Crippen molar-refractivity contribution in [2.75, 3.05) is 6.61 Å². The van der Waals surface area contributed by atoms with Crippen LogP contribution in [0.15, 0.2) is 11.0 Å². The van der Waals surface area contributed by atoms with Crippen LogP contribution in [0.1, 0.15) is 24.5 Å². The predicted molar refractivity (Wildman–Crippen MR) is 54.0 cm³/mol. The Bertz CT molecular complexity index is 470. The third kappa shape index (κ3) is 3.02. The molecule has 17 heavy (non-hydrogen) atoms. The number of H-pyrrole nitrogens is 1. The summed E-state index contributed by atoms with van der Waals surface area (Å²) >= 11 is 0. The van der Waals surface area contributed by atoms with Crippen molar-refractivity contribution in [2.45, 2.75) is 19.8 Å². The molecule has 0 amide bonds. The maximum absolute atomic E-state index is 12.6. The highest BCUT2D eigenvalue weighted by atomic mass is 19.3. The first-order valence-corrected chi connectivity index (χ1v) is 4.84. The molecule has 5 nitrogen and oxygen atoms in total. The van der Waals surface area contributed by atoms with Crippen LogP contribution in [0.2, 0.25) is 0 Å². The van der Waals surface area contributed by atoms with Crippen LogP contribution in [0.4, 0.5) is 8.78 Å². The lowest BCUT2D eigenvalue weighted by Gasteiger charge is -2.09. The third-order valence-electron chi connectivity index (χ3n) is 2.06. The summed E-state index contributed by atoms with van der Waals surface area (Å²) < 4.78 is 29.8. The van der Waals surface area contributed by atoms with E-state index in [0.717, 1.165) is 6.20 Å². The van der Waals surface area contributed by atoms with Crippen molar-refractivity contribution in [3.05, 3.63) is 27.7 Å². The van der Waals surface area contributed by atoms with E-state index < -0.39 is 41.3 Å². The largest absolute Gasteiger partial charge is 0.506 e. The molecule has 0 aromatic carbocycles. The number of esters is 1. The van der Waals surface area contributed by atoms with Crippen LogP contribution in [0.5, 0.6) is 5.75 Å². The molecule has 1 aromatic rings. The molecule has 0 radical (unpaired) electrons. The number of hydrogen-bond donors (Lipinski definition) is 2. The fourth-order valence-electron chi connectivity index (χ4n) is 1.35. The number of aromatic hydroxyl groups is 1. The lowest BCUT2D eigenvalue weighted by Crippen LogP contribution is -2.18. The summed E-state index contributed by atoms with van der Waals surface area (Å²) in [6, 6.07) is 0. The monoisotopic (exact) mass is 247 g/mol. The van der Waals surface area contributed by atoms with Gasteiger partial charge >= 0.3 is 5.97 Å². The summed E-state index contributed by atoms with van der Waals surface area (Å²) in [4.78, 5) is 24.3. The molecule has 0 aliphatic carbocycles. The number of carbonyl (C=O) groups excluding carboxylic acids is 1. The zero-order valence-electron chi connectivity index (χ0n) is 9.00. The van der Waals surface area contributed by atoms with Gasteiger partial charge in [-0.2, -0.15) is 0 Å². The maximum Gasteiger partial charge on any atom is 0.310 e. The van der Waals surface area contributed by atoms with Gasteiger partial charge < -0.3 is 14.8 Å². The normalized spacial score (nSPS) is 10.6. The van der Waals surface area contributed by atoms with Gasteiger partial charge in [0.25, 0.3) is 12.0 Å². The van der Waals surface area contributed by atoms with Gasteiger partial charge in [-0.1, -0.05) is 0 Å². The van der Waals surface area contributed by atoms with Crippen molar-refractivity contribution in [3.63, 3.8) is 0 Å². The highest BCUT2D eigenvalue weighted by Crippen LogP contribution is 2.25. The fourth-order valence-corrected chi connectivity index (χ4v) is 1.35. The Morgan fingerprint density at radius 2 is 2.24 bits per heavy atom. The van der Waals surface area contributed by atoms with Crippen LogP contribution in [0, 0.1) is 0 Å². The minimum Gasteiger partial charge on any atom is -0.506 e. The highest BCUT2D eigenvalue weighted by molar-refractivity contribution is 5.74. The Morgan fingerprint density at radius 3 is 2.76 bits per heavy atom. The van der Waals surface area contributed by atoms with E-state index in [9.17, 15) is 23.5 Å². The first kappa shape index (κ1) is 13.1. The van der Waals surface area contributed by atoms with E-state index in [-0.39, 0.29) is 6.61 Å². The molecule has 0 unspecified atom stereocenters. The van der Waals surface area contributed by atoms with E-state index in [2.05, 4.69) is 4.74 Å². The van der Waals surface area contributed by atoms with Gasteiger partial charge in [-0.15, -0.1) is 0 Å². The summed E-state index contributed by atoms with van der Waals surface area (Å²) in [6.07, 6.45) is -2.78. The SMILES string of the molecule is CCOC(=O)Cc1c(O)c[nH]c(=O)c1C(F)F. The van der Waals surface area contributed by atoms with E-state index in [0.29, 0.717) is 0 Å². The molecule has 7 heteroatoms. The minimum absolute atomic E-state index is 0.0901. The summed E-state index contributed by atoms with van der Waals surface area (Å²) in [5, 5.41) is 9.37. The number of hydrogen-bond acceptors (Lipinski definition) is 4. The van der Waals surface area contributed by atoms with Crippen LogP contribution < -0.4 is 5.56 Å². The number of halogens is 2. The van der Waals surface area contributed by atoms with Gasteiger partial charge in [0.15, 0.2) is 0 Å². The molecule has 1 rings (SSSR count). The van der Waals surface area contributed by atoms with Crippen molar-refractivity contribution in [1.82, 2.24) is 4.98 Å². The molecule has 0 aliphatic rings. The first-order chi connectivity index (χ1) is 7.97. The van der Waals surface area contributed by atoms with Gasteiger partial charge in [0, 0.05) is 11.8 Å². The molecule has 0 atom stereocenters. The third-order valence-corrected chi connectivity index (χ3v) is 2.06. The molecule has 0 saturated heterocycles. The topological polar surface area (TPSA) is 79.4 Å². The lowest BCUT2D eigenvalue weighted by atomic mass is 10.1. The second-order valence-electron chi connectivity index (χ2n) is 3.18. The molecule has 0 spiro atoms. The van der Waals surface area contributed by atoms with Crippen molar-refractivity contribution in [1.29, 1.82) is 0 Å². The second-order valence-corrected chi connectivity index (χ2v) is 3.18. The Morgan fingerprint density at radius 1 is 1.59 bits per heavy atom. The number of pyridine rings is 1. The molecule has 94 valence electrons. The van der Waals surface area contributed by atoms with Crippen molar-refractivity contribution in [2.24, 2.45) is 0 Å². The number of rotatable bonds is 4. The number of alkyl halides is 2. The number of aromatic nitrogens is 1. The van der Waals surface area contributed by atoms with E-state index in [4.69, 9.17) is 0 Å².